The van der Waals surface area contributed by atoms with E-state index in [1.165, 1.54) is 0 Å². The van der Waals surface area contributed by atoms with E-state index in [0.29, 0.717) is 6.54 Å². The van der Waals surface area contributed by atoms with Crippen LogP contribution >= 0.6 is 12.4 Å². The van der Waals surface area contributed by atoms with Crippen molar-refractivity contribution in [1.29, 1.82) is 0 Å². The smallest absolute Gasteiger partial charge is 0.340 e. The number of nitrogens with zero attached hydrogens (tertiary/aromatic N) is 1. The summed E-state index contributed by atoms with van der Waals surface area (Å²) in [6, 6.07) is 2.64. The minimum Gasteiger partial charge on any atom is -0.504 e. The molecule has 0 saturated carbocycles. The average Bonchev–Trinajstić information content (AvgIpc) is 2.98. The SMILES string of the molecule is CC(=O)c1cc2c(=O)c3c(C(=O)O)c(O)c(O)cc3oc2c(C(C)=O)c1-c1coc2cc(O)c(O)c(C(=O)NCCN(C)C)c2c1=O.Cl. The maximum absolute atomic E-state index is 14.2. The Morgan fingerprint density at radius 1 is 0.812 bits per heavy atom. The van der Waals surface area contributed by atoms with E-state index >= 15 is 0 Å². The summed E-state index contributed by atoms with van der Waals surface area (Å²) in [5, 5.41) is 51.9. The maximum Gasteiger partial charge on any atom is 0.340 e. The molecule has 3 aromatic carbocycles. The monoisotopic (exact) mass is 682 g/mol. The first kappa shape index (κ1) is 34.9. The zero-order valence-corrected chi connectivity index (χ0v) is 26.4. The first-order valence-corrected chi connectivity index (χ1v) is 13.8. The maximum atomic E-state index is 14.2. The highest BCUT2D eigenvalue weighted by Gasteiger charge is 2.31. The van der Waals surface area contributed by atoms with Crippen molar-refractivity contribution >= 4 is 68.8 Å². The second-order valence-corrected chi connectivity index (χ2v) is 10.9. The number of fused-ring (bicyclic) bond motifs is 3. The lowest BCUT2D eigenvalue weighted by atomic mass is 9.88. The van der Waals surface area contributed by atoms with Gasteiger partial charge in [0.05, 0.1) is 32.8 Å². The molecule has 0 aliphatic heterocycles. The molecule has 15 nitrogen and oxygen atoms in total. The number of aromatic carboxylic acids is 1. The fourth-order valence-electron chi connectivity index (χ4n) is 5.36. The number of carboxylic acid groups (broad SMARTS) is 1. The Kier molecular flexibility index (Phi) is 9.24. The van der Waals surface area contributed by atoms with Gasteiger partial charge in [0.2, 0.25) is 10.9 Å². The fourth-order valence-corrected chi connectivity index (χ4v) is 5.36. The first-order chi connectivity index (χ1) is 22.1. The predicted octanol–water partition coefficient (Wildman–Crippen LogP) is 3.36. The molecule has 16 heteroatoms. The van der Waals surface area contributed by atoms with Crippen LogP contribution in [0.25, 0.3) is 44.0 Å². The van der Waals surface area contributed by atoms with Gasteiger partial charge in [0.25, 0.3) is 5.91 Å². The number of carbonyl (C=O) groups excluding carboxylic acids is 3. The minimum absolute atomic E-state index is 0. The number of rotatable bonds is 8. The van der Waals surface area contributed by atoms with Gasteiger partial charge in [0, 0.05) is 36.3 Å². The van der Waals surface area contributed by atoms with Gasteiger partial charge in [0.15, 0.2) is 34.6 Å². The second kappa shape index (κ2) is 12.7. The summed E-state index contributed by atoms with van der Waals surface area (Å²) in [6.07, 6.45) is 0.862. The van der Waals surface area contributed by atoms with Gasteiger partial charge in [-0.25, -0.2) is 4.79 Å². The Balaban J connectivity index is 0.00000520. The van der Waals surface area contributed by atoms with E-state index in [1.807, 2.05) is 0 Å². The highest BCUT2D eigenvalue weighted by molar-refractivity contribution is 6.19. The molecule has 2 aromatic heterocycles. The van der Waals surface area contributed by atoms with E-state index in [4.69, 9.17) is 8.83 Å². The Labute approximate surface area is 274 Å². The number of amides is 1. The van der Waals surface area contributed by atoms with E-state index in [9.17, 15) is 54.3 Å². The number of carboxylic acids is 1. The molecule has 0 radical (unpaired) electrons. The van der Waals surface area contributed by atoms with Crippen LogP contribution in [0.5, 0.6) is 23.0 Å². The number of nitrogens with one attached hydrogen (secondary N) is 1. The van der Waals surface area contributed by atoms with Crippen molar-refractivity contribution in [3.05, 3.63) is 67.2 Å². The van der Waals surface area contributed by atoms with E-state index in [1.54, 1.807) is 19.0 Å². The zero-order chi connectivity index (χ0) is 34.6. The van der Waals surface area contributed by atoms with Crippen molar-refractivity contribution in [2.45, 2.75) is 13.8 Å². The number of ketones is 2. The number of likely N-dealkylation sites (N-methyl/N-ethyl adjacent to an activating group) is 1. The van der Waals surface area contributed by atoms with Gasteiger partial charge < -0.3 is 44.6 Å². The largest absolute Gasteiger partial charge is 0.504 e. The molecule has 1 amide bonds. The van der Waals surface area contributed by atoms with Gasteiger partial charge in [-0.05, 0) is 34.0 Å². The van der Waals surface area contributed by atoms with Gasteiger partial charge in [-0.3, -0.25) is 24.0 Å². The summed E-state index contributed by atoms with van der Waals surface area (Å²) in [4.78, 5) is 81.1. The second-order valence-electron chi connectivity index (χ2n) is 10.9. The lowest BCUT2D eigenvalue weighted by molar-refractivity contribution is 0.0694. The number of hydrogen-bond donors (Lipinski definition) is 6. The van der Waals surface area contributed by atoms with Crippen molar-refractivity contribution in [2.24, 2.45) is 0 Å². The van der Waals surface area contributed by atoms with Crippen LogP contribution in [0.2, 0.25) is 0 Å². The van der Waals surface area contributed by atoms with Crippen molar-refractivity contribution in [3.63, 3.8) is 0 Å². The van der Waals surface area contributed by atoms with Crippen molar-refractivity contribution in [2.75, 3.05) is 27.2 Å². The molecule has 5 rings (SSSR count). The number of carbonyl (C=O) groups is 4. The van der Waals surface area contributed by atoms with Gasteiger partial charge >= 0.3 is 5.97 Å². The Morgan fingerprint density at radius 3 is 1.96 bits per heavy atom. The van der Waals surface area contributed by atoms with Gasteiger partial charge in [0.1, 0.15) is 28.6 Å². The van der Waals surface area contributed by atoms with Crippen LogP contribution in [0.15, 0.2) is 42.9 Å². The van der Waals surface area contributed by atoms with Crippen LogP contribution in [-0.4, -0.2) is 81.1 Å². The summed E-state index contributed by atoms with van der Waals surface area (Å²) in [5.74, 6) is -8.08. The van der Waals surface area contributed by atoms with E-state index in [2.05, 4.69) is 5.32 Å². The number of benzene rings is 3. The molecule has 2 heterocycles. The Hall–Kier alpha value is -5.93. The van der Waals surface area contributed by atoms with Crippen molar-refractivity contribution in [3.8, 4) is 34.1 Å². The summed E-state index contributed by atoms with van der Waals surface area (Å²) >= 11 is 0. The number of phenols is 4. The minimum atomic E-state index is -1.78. The van der Waals surface area contributed by atoms with Gasteiger partial charge in [-0.1, -0.05) is 0 Å². The molecular weight excluding hydrogens is 656 g/mol. The number of Topliss-reactive ketones (excluding diaryl/α,β-unsaturated/α-hetero) is 2. The summed E-state index contributed by atoms with van der Waals surface area (Å²) in [6.45, 7) is 2.58. The van der Waals surface area contributed by atoms with Crippen LogP contribution in [0.1, 0.15) is 55.3 Å². The van der Waals surface area contributed by atoms with Gasteiger partial charge in [-0.2, -0.15) is 0 Å². The van der Waals surface area contributed by atoms with E-state index < -0.39 is 107 Å². The Morgan fingerprint density at radius 2 is 1.40 bits per heavy atom. The number of phenolic OH excluding ortho intramolecular Hbond substituents is 3. The zero-order valence-electron chi connectivity index (χ0n) is 25.6. The van der Waals surface area contributed by atoms with Gasteiger partial charge in [-0.15, -0.1) is 12.4 Å². The fraction of sp³-hybridized carbons (Fsp3) is 0.188. The van der Waals surface area contributed by atoms with Crippen LogP contribution in [0.4, 0.5) is 0 Å². The predicted molar refractivity (Wildman–Crippen MR) is 173 cm³/mol. The van der Waals surface area contributed by atoms with E-state index in [-0.39, 0.29) is 35.7 Å². The molecule has 0 spiro atoms. The summed E-state index contributed by atoms with van der Waals surface area (Å²) in [7, 11) is 3.50. The third kappa shape index (κ3) is 5.54. The molecule has 0 bridgehead atoms. The highest BCUT2D eigenvalue weighted by Crippen LogP contribution is 2.40. The molecule has 48 heavy (non-hydrogen) atoms. The molecule has 0 saturated heterocycles. The normalized spacial score (nSPS) is 11.2. The number of halogens is 1. The lowest BCUT2D eigenvalue weighted by Crippen LogP contribution is -2.32. The van der Waals surface area contributed by atoms with Crippen LogP contribution in [-0.2, 0) is 0 Å². The highest BCUT2D eigenvalue weighted by atomic mass is 35.5. The number of hydrogen-bond acceptors (Lipinski definition) is 13. The molecule has 0 atom stereocenters. The van der Waals surface area contributed by atoms with E-state index in [0.717, 1.165) is 38.3 Å². The molecule has 0 aliphatic carbocycles. The molecule has 0 unspecified atom stereocenters. The third-order valence-corrected chi connectivity index (χ3v) is 7.51. The molecule has 250 valence electrons. The number of aromatic hydroxyl groups is 4. The lowest BCUT2D eigenvalue weighted by Gasteiger charge is -2.16. The molecule has 0 fully saturated rings. The van der Waals surface area contributed by atoms with Crippen LogP contribution in [0, 0.1) is 0 Å². The first-order valence-electron chi connectivity index (χ1n) is 13.8. The van der Waals surface area contributed by atoms with Crippen LogP contribution in [0.3, 0.4) is 0 Å². The molecular formula is C32H27ClN2O13. The quantitative estimate of drug-likeness (QED) is 0.0781. The van der Waals surface area contributed by atoms with Crippen LogP contribution < -0.4 is 16.2 Å². The summed E-state index contributed by atoms with van der Waals surface area (Å²) < 4.78 is 11.4. The molecule has 0 aliphatic rings. The average molecular weight is 683 g/mol. The topological polar surface area (TPSA) is 245 Å². The summed E-state index contributed by atoms with van der Waals surface area (Å²) in [5.41, 5.74) is -6.77. The standard InChI is InChI=1S/C32H26N2O13.ClH/c1-11(35)13-7-14-26(39)23-19(9-17(38)29(42)25(23)32(44)45)47-30(14)20(12(2)36)21(13)15-10-46-18-8-16(37)28(41)24(22(18)27(15)40)31(43)33-5-6-34(3)4;/h7-10,37-38,41-42H,5-6H2,1-4H3,(H,33,43)(H,44,45);1H. The Bertz CT molecular complexity index is 2360. The van der Waals surface area contributed by atoms with Crippen molar-refractivity contribution in [1.82, 2.24) is 10.2 Å². The third-order valence-electron chi connectivity index (χ3n) is 7.51. The molecule has 6 N–H and O–H groups in total. The molecule has 5 aromatic rings. The van der Waals surface area contributed by atoms with Crippen molar-refractivity contribution < 1.29 is 53.5 Å².